The van der Waals surface area contributed by atoms with Crippen LogP contribution in [0, 0.1) is 6.92 Å². The number of aryl methyl sites for hydroxylation is 1. The first kappa shape index (κ1) is 21.5. The minimum absolute atomic E-state index is 0.104. The molecule has 5 nitrogen and oxygen atoms in total. The van der Waals surface area contributed by atoms with Crippen molar-refractivity contribution in [1.82, 2.24) is 10.2 Å². The number of carbonyl (C=O) groups excluding carboxylic acids is 2. The highest BCUT2D eigenvalue weighted by Gasteiger charge is 2.34. The Morgan fingerprint density at radius 3 is 2.59 bits per heavy atom. The number of hydrogen-bond donors (Lipinski definition) is 1. The third-order valence-electron chi connectivity index (χ3n) is 5.52. The first-order valence-corrected chi connectivity index (χ1v) is 11.2. The maximum Gasteiger partial charge on any atom is 0.264 e. The maximum absolute atomic E-state index is 13.5. The highest BCUT2D eigenvalue weighted by atomic mass is 32.1. The molecule has 0 bridgehead atoms. The molecular weight excluding hydrogens is 384 g/mol. The van der Waals surface area contributed by atoms with Crippen LogP contribution in [-0.4, -0.2) is 43.0 Å². The molecule has 2 aromatic rings. The van der Waals surface area contributed by atoms with Crippen LogP contribution in [0.25, 0.3) is 0 Å². The summed E-state index contributed by atoms with van der Waals surface area (Å²) in [6, 6.07) is 11.0. The van der Waals surface area contributed by atoms with E-state index >= 15 is 0 Å². The molecule has 1 atom stereocenters. The number of amides is 2. The van der Waals surface area contributed by atoms with Crippen molar-refractivity contribution < 1.29 is 14.3 Å². The second-order valence-corrected chi connectivity index (χ2v) is 8.52. The van der Waals surface area contributed by atoms with Crippen LogP contribution in [0.3, 0.4) is 0 Å². The predicted octanol–water partition coefficient (Wildman–Crippen LogP) is 4.34. The van der Waals surface area contributed by atoms with Crippen molar-refractivity contribution in [3.8, 4) is 0 Å². The number of nitrogens with zero attached hydrogens (tertiary/aromatic N) is 1. The van der Waals surface area contributed by atoms with Gasteiger partial charge >= 0.3 is 0 Å². The molecule has 0 spiro atoms. The van der Waals surface area contributed by atoms with E-state index in [1.165, 1.54) is 17.8 Å². The quantitative estimate of drug-likeness (QED) is 0.699. The molecule has 1 saturated carbocycles. The van der Waals surface area contributed by atoms with Crippen LogP contribution in [0.5, 0.6) is 0 Å². The van der Waals surface area contributed by atoms with Gasteiger partial charge in [0.25, 0.3) is 5.91 Å². The van der Waals surface area contributed by atoms with Crippen LogP contribution in [0.4, 0.5) is 0 Å². The number of thiophene rings is 1. The van der Waals surface area contributed by atoms with Crippen molar-refractivity contribution in [3.05, 3.63) is 57.8 Å². The van der Waals surface area contributed by atoms with E-state index in [0.717, 1.165) is 36.8 Å². The molecule has 3 rings (SSSR count). The summed E-state index contributed by atoms with van der Waals surface area (Å²) in [5.74, 6) is -0.240. The summed E-state index contributed by atoms with van der Waals surface area (Å²) < 4.78 is 5.26. The predicted molar refractivity (Wildman–Crippen MR) is 116 cm³/mol. The van der Waals surface area contributed by atoms with Gasteiger partial charge in [0, 0.05) is 19.7 Å². The topological polar surface area (TPSA) is 58.6 Å². The van der Waals surface area contributed by atoms with Gasteiger partial charge < -0.3 is 15.0 Å². The molecule has 0 aliphatic heterocycles. The number of ether oxygens (including phenoxy) is 1. The van der Waals surface area contributed by atoms with E-state index in [0.29, 0.717) is 18.0 Å². The van der Waals surface area contributed by atoms with Gasteiger partial charge in [-0.2, -0.15) is 0 Å². The Kier molecular flexibility index (Phi) is 7.83. The number of hydrogen-bond acceptors (Lipinski definition) is 4. The molecule has 1 fully saturated rings. The highest BCUT2D eigenvalue weighted by molar-refractivity contribution is 7.12. The number of rotatable bonds is 8. The molecule has 1 N–H and O–H groups in total. The standard InChI is InChI=1S/C23H30N2O3S/c1-17-9-6-7-12-19(17)21(22(26)24-18-10-4-3-5-11-18)25(14-15-28-2)23(27)20-13-8-16-29-20/h6-9,12-13,16,18,21H,3-5,10-11,14-15H2,1-2H3,(H,24,26)/t21-/m1/s1. The van der Waals surface area contributed by atoms with Gasteiger partial charge in [-0.15, -0.1) is 11.3 Å². The zero-order valence-electron chi connectivity index (χ0n) is 17.2. The lowest BCUT2D eigenvalue weighted by Crippen LogP contribution is -2.48. The lowest BCUT2D eigenvalue weighted by atomic mass is 9.94. The van der Waals surface area contributed by atoms with E-state index in [9.17, 15) is 9.59 Å². The van der Waals surface area contributed by atoms with Crippen LogP contribution in [0.15, 0.2) is 41.8 Å². The number of carbonyl (C=O) groups is 2. The van der Waals surface area contributed by atoms with Crippen molar-refractivity contribution in [1.29, 1.82) is 0 Å². The summed E-state index contributed by atoms with van der Waals surface area (Å²) in [6.45, 7) is 2.71. The summed E-state index contributed by atoms with van der Waals surface area (Å²) in [7, 11) is 1.61. The molecule has 2 amide bonds. The molecule has 1 heterocycles. The molecule has 1 aromatic heterocycles. The number of nitrogens with one attached hydrogen (secondary N) is 1. The third-order valence-corrected chi connectivity index (χ3v) is 6.38. The summed E-state index contributed by atoms with van der Waals surface area (Å²) in [5, 5.41) is 5.11. The SMILES string of the molecule is COCCN(C(=O)c1cccs1)[C@@H](C(=O)NC1CCCCC1)c1ccccc1C. The largest absolute Gasteiger partial charge is 0.383 e. The fourth-order valence-corrected chi connectivity index (χ4v) is 4.63. The number of methoxy groups -OCH3 is 1. The second-order valence-electron chi connectivity index (χ2n) is 7.57. The molecule has 156 valence electrons. The fraction of sp³-hybridized carbons (Fsp3) is 0.478. The van der Waals surface area contributed by atoms with Crippen molar-refractivity contribution >= 4 is 23.2 Å². The van der Waals surface area contributed by atoms with Gasteiger partial charge in [-0.3, -0.25) is 9.59 Å². The van der Waals surface area contributed by atoms with Gasteiger partial charge in [-0.25, -0.2) is 0 Å². The van der Waals surface area contributed by atoms with Crippen LogP contribution in [-0.2, 0) is 9.53 Å². The van der Waals surface area contributed by atoms with Gasteiger partial charge in [0.1, 0.15) is 6.04 Å². The molecule has 1 aromatic carbocycles. The van der Waals surface area contributed by atoms with Crippen molar-refractivity contribution in [2.24, 2.45) is 0 Å². The first-order valence-electron chi connectivity index (χ1n) is 10.3. The van der Waals surface area contributed by atoms with Gasteiger partial charge in [0.05, 0.1) is 11.5 Å². The Morgan fingerprint density at radius 2 is 1.93 bits per heavy atom. The molecule has 1 aliphatic carbocycles. The summed E-state index contributed by atoms with van der Waals surface area (Å²) >= 11 is 1.39. The monoisotopic (exact) mass is 414 g/mol. The third kappa shape index (κ3) is 5.46. The second kappa shape index (κ2) is 10.6. The average molecular weight is 415 g/mol. The van der Waals surface area contributed by atoms with E-state index < -0.39 is 6.04 Å². The minimum Gasteiger partial charge on any atom is -0.383 e. The van der Waals surface area contributed by atoms with E-state index in [-0.39, 0.29) is 17.9 Å². The van der Waals surface area contributed by atoms with E-state index in [1.807, 2.05) is 42.6 Å². The zero-order valence-corrected chi connectivity index (χ0v) is 18.0. The molecule has 0 radical (unpaired) electrons. The molecular formula is C23H30N2O3S. The van der Waals surface area contributed by atoms with Gasteiger partial charge in [-0.1, -0.05) is 49.6 Å². The summed E-state index contributed by atoms with van der Waals surface area (Å²) in [4.78, 5) is 29.1. The highest BCUT2D eigenvalue weighted by Crippen LogP contribution is 2.28. The lowest BCUT2D eigenvalue weighted by Gasteiger charge is -2.33. The molecule has 0 unspecified atom stereocenters. The van der Waals surface area contributed by atoms with E-state index in [2.05, 4.69) is 5.32 Å². The Balaban J connectivity index is 1.94. The van der Waals surface area contributed by atoms with Crippen molar-refractivity contribution in [3.63, 3.8) is 0 Å². The van der Waals surface area contributed by atoms with Crippen molar-refractivity contribution in [2.45, 2.75) is 51.1 Å². The molecule has 1 aliphatic rings. The molecule has 29 heavy (non-hydrogen) atoms. The van der Waals surface area contributed by atoms with Crippen LogP contribution < -0.4 is 5.32 Å². The Bertz CT molecular complexity index is 800. The summed E-state index contributed by atoms with van der Waals surface area (Å²) in [5.41, 5.74) is 1.86. The van der Waals surface area contributed by atoms with Crippen LogP contribution in [0.2, 0.25) is 0 Å². The molecule has 6 heteroatoms. The molecule has 0 saturated heterocycles. The minimum atomic E-state index is -0.678. The van der Waals surface area contributed by atoms with Gasteiger partial charge in [0.2, 0.25) is 5.91 Å². The van der Waals surface area contributed by atoms with Gasteiger partial charge in [0.15, 0.2) is 0 Å². The Hall–Kier alpha value is -2.18. The van der Waals surface area contributed by atoms with Crippen molar-refractivity contribution in [2.75, 3.05) is 20.3 Å². The Labute approximate surface area is 177 Å². The van der Waals surface area contributed by atoms with Gasteiger partial charge in [-0.05, 0) is 42.3 Å². The van der Waals surface area contributed by atoms with Crippen LogP contribution in [0.1, 0.15) is 58.9 Å². The van der Waals surface area contributed by atoms with Crippen LogP contribution >= 0.6 is 11.3 Å². The Morgan fingerprint density at radius 1 is 1.17 bits per heavy atom. The smallest absolute Gasteiger partial charge is 0.264 e. The first-order chi connectivity index (χ1) is 14.1. The van der Waals surface area contributed by atoms with E-state index in [4.69, 9.17) is 4.74 Å². The fourth-order valence-electron chi connectivity index (χ4n) is 3.95. The average Bonchev–Trinajstić information content (AvgIpc) is 3.27. The normalized spacial score (nSPS) is 15.7. The van der Waals surface area contributed by atoms with E-state index in [1.54, 1.807) is 18.1 Å². The summed E-state index contributed by atoms with van der Waals surface area (Å²) in [6.07, 6.45) is 5.51. The number of benzene rings is 1. The zero-order chi connectivity index (χ0) is 20.6. The maximum atomic E-state index is 13.5. The lowest BCUT2D eigenvalue weighted by molar-refractivity contribution is -0.127.